The number of aliphatic hydroxyl groups excluding tert-OH is 1. The third-order valence-corrected chi connectivity index (χ3v) is 4.27. The molecule has 4 rings (SSSR count). The van der Waals surface area contributed by atoms with Gasteiger partial charge in [0.15, 0.2) is 5.82 Å². The fraction of sp³-hybridized carbons (Fsp3) is 0.158. The Morgan fingerprint density at radius 2 is 2.11 bits per heavy atom. The van der Waals surface area contributed by atoms with Gasteiger partial charge in [0.2, 0.25) is 0 Å². The van der Waals surface area contributed by atoms with E-state index in [9.17, 15) is 4.39 Å². The van der Waals surface area contributed by atoms with Gasteiger partial charge in [0.05, 0.1) is 37.0 Å². The van der Waals surface area contributed by atoms with E-state index >= 15 is 0 Å². The second-order valence-electron chi connectivity index (χ2n) is 6.13. The zero-order chi connectivity index (χ0) is 19.5. The number of hydrogen-bond acceptors (Lipinski definition) is 6. The second kappa shape index (κ2) is 7.46. The number of anilines is 2. The molecule has 0 bridgehead atoms. The number of nitrogens with one attached hydrogen (secondary N) is 1. The molecule has 0 aliphatic heterocycles. The summed E-state index contributed by atoms with van der Waals surface area (Å²) in [4.78, 5) is 4.34. The zero-order valence-corrected chi connectivity index (χ0v) is 14.7. The Kier molecular flexibility index (Phi) is 4.70. The molecule has 0 saturated heterocycles. The van der Waals surface area contributed by atoms with E-state index in [0.29, 0.717) is 23.7 Å². The van der Waals surface area contributed by atoms with Crippen LogP contribution in [0.4, 0.5) is 16.0 Å². The Bertz CT molecular complexity index is 1170. The van der Waals surface area contributed by atoms with Crippen LogP contribution in [0.15, 0.2) is 48.9 Å². The van der Waals surface area contributed by atoms with Gasteiger partial charge in [-0.1, -0.05) is 12.1 Å². The Hall–Kier alpha value is -3.77. The van der Waals surface area contributed by atoms with Gasteiger partial charge in [-0.15, -0.1) is 0 Å². The summed E-state index contributed by atoms with van der Waals surface area (Å²) in [5.74, 6) is 0.629. The number of halogens is 1. The van der Waals surface area contributed by atoms with Crippen LogP contribution in [0.25, 0.3) is 10.9 Å². The van der Waals surface area contributed by atoms with Crippen LogP contribution in [0.3, 0.4) is 0 Å². The average Bonchev–Trinajstić information content (AvgIpc) is 3.31. The zero-order valence-electron chi connectivity index (χ0n) is 14.7. The molecule has 0 aliphatic rings. The van der Waals surface area contributed by atoms with Gasteiger partial charge in [-0.05, 0) is 6.07 Å². The number of fused-ring (bicyclic) bond motifs is 1. The SMILES string of the molecule is N#Cc1cccc(Cn2ncc3cnc(Nc4ccn(CCO)n4)cc32)c1F. The van der Waals surface area contributed by atoms with Crippen molar-refractivity contribution in [2.24, 2.45) is 0 Å². The molecule has 0 atom stereocenters. The lowest BCUT2D eigenvalue weighted by atomic mass is 10.1. The van der Waals surface area contributed by atoms with Crippen molar-refractivity contribution in [3.05, 3.63) is 65.9 Å². The lowest BCUT2D eigenvalue weighted by Crippen LogP contribution is -2.05. The van der Waals surface area contributed by atoms with E-state index in [2.05, 4.69) is 20.5 Å². The summed E-state index contributed by atoms with van der Waals surface area (Å²) in [6.45, 7) is 0.613. The summed E-state index contributed by atoms with van der Waals surface area (Å²) in [7, 11) is 0. The Balaban J connectivity index is 1.62. The molecule has 0 unspecified atom stereocenters. The number of rotatable bonds is 6. The lowest BCUT2D eigenvalue weighted by molar-refractivity contribution is 0.269. The predicted octanol–water partition coefficient (Wildman–Crippen LogP) is 2.42. The molecular formula is C19H16FN7O. The molecule has 0 amide bonds. The van der Waals surface area contributed by atoms with Gasteiger partial charge in [-0.25, -0.2) is 9.37 Å². The first kappa shape index (κ1) is 17.6. The number of nitrogens with zero attached hydrogens (tertiary/aromatic N) is 6. The van der Waals surface area contributed by atoms with E-state index in [1.807, 2.05) is 6.07 Å². The fourth-order valence-electron chi connectivity index (χ4n) is 2.90. The van der Waals surface area contributed by atoms with Crippen molar-refractivity contribution in [2.45, 2.75) is 13.1 Å². The van der Waals surface area contributed by atoms with Crippen LogP contribution < -0.4 is 5.32 Å². The summed E-state index contributed by atoms with van der Waals surface area (Å²) in [5.41, 5.74) is 1.17. The van der Waals surface area contributed by atoms with Crippen molar-refractivity contribution < 1.29 is 9.50 Å². The number of nitriles is 1. The molecule has 0 fully saturated rings. The molecule has 1 aromatic carbocycles. The summed E-state index contributed by atoms with van der Waals surface area (Å²) < 4.78 is 17.7. The van der Waals surface area contributed by atoms with E-state index in [1.54, 1.807) is 52.2 Å². The standard InChI is InChI=1S/C19H16FN7O/c20-19-13(9-21)2-1-3-14(19)12-27-16-8-18(22-10-15(16)11-23-27)24-17-4-5-26(25-17)6-7-28/h1-5,8,10-11,28H,6-7,12H2,(H,22,24,25). The lowest BCUT2D eigenvalue weighted by Gasteiger charge is -2.07. The molecule has 3 aromatic heterocycles. The van der Waals surface area contributed by atoms with Gasteiger partial charge >= 0.3 is 0 Å². The van der Waals surface area contributed by atoms with Crippen molar-refractivity contribution >= 4 is 22.5 Å². The second-order valence-corrected chi connectivity index (χ2v) is 6.13. The van der Waals surface area contributed by atoms with E-state index < -0.39 is 5.82 Å². The van der Waals surface area contributed by atoms with Gasteiger partial charge < -0.3 is 10.4 Å². The number of aromatic nitrogens is 5. The molecule has 4 aromatic rings. The minimum absolute atomic E-state index is 0.00801. The quantitative estimate of drug-likeness (QED) is 0.535. The van der Waals surface area contributed by atoms with Crippen LogP contribution >= 0.6 is 0 Å². The van der Waals surface area contributed by atoms with Gasteiger partial charge in [-0.2, -0.15) is 15.5 Å². The van der Waals surface area contributed by atoms with Crippen molar-refractivity contribution in [3.8, 4) is 6.07 Å². The predicted molar refractivity (Wildman–Crippen MR) is 100 cm³/mol. The third-order valence-electron chi connectivity index (χ3n) is 4.27. The molecule has 140 valence electrons. The first-order chi connectivity index (χ1) is 13.7. The minimum Gasteiger partial charge on any atom is -0.394 e. The Morgan fingerprint density at radius 1 is 1.21 bits per heavy atom. The average molecular weight is 377 g/mol. The summed E-state index contributed by atoms with van der Waals surface area (Å²) in [6.07, 6.45) is 5.09. The number of aliphatic hydroxyl groups is 1. The summed E-state index contributed by atoms with van der Waals surface area (Å²) in [6, 6.07) is 10.2. The highest BCUT2D eigenvalue weighted by molar-refractivity contribution is 5.80. The molecule has 0 saturated carbocycles. The van der Waals surface area contributed by atoms with E-state index in [1.165, 1.54) is 6.07 Å². The number of pyridine rings is 1. The number of benzene rings is 1. The smallest absolute Gasteiger partial charge is 0.153 e. The summed E-state index contributed by atoms with van der Waals surface area (Å²) in [5, 5.41) is 30.5. The van der Waals surface area contributed by atoms with Gasteiger partial charge in [0.1, 0.15) is 17.7 Å². The van der Waals surface area contributed by atoms with E-state index in [4.69, 9.17) is 10.4 Å². The monoisotopic (exact) mass is 377 g/mol. The topological polar surface area (TPSA) is 105 Å². The van der Waals surface area contributed by atoms with Crippen LogP contribution in [0, 0.1) is 17.1 Å². The Labute approximate surface area is 159 Å². The molecule has 9 heteroatoms. The largest absolute Gasteiger partial charge is 0.394 e. The normalized spacial score (nSPS) is 10.9. The van der Waals surface area contributed by atoms with Crippen molar-refractivity contribution in [2.75, 3.05) is 11.9 Å². The highest BCUT2D eigenvalue weighted by atomic mass is 19.1. The van der Waals surface area contributed by atoms with Gasteiger partial charge in [0.25, 0.3) is 0 Å². The highest BCUT2D eigenvalue weighted by Crippen LogP contribution is 2.21. The third kappa shape index (κ3) is 3.41. The fourth-order valence-corrected chi connectivity index (χ4v) is 2.90. The van der Waals surface area contributed by atoms with Crippen LogP contribution in [0.5, 0.6) is 0 Å². The van der Waals surface area contributed by atoms with E-state index in [-0.39, 0.29) is 18.7 Å². The van der Waals surface area contributed by atoms with E-state index in [0.717, 1.165) is 10.9 Å². The van der Waals surface area contributed by atoms with Crippen molar-refractivity contribution in [1.29, 1.82) is 5.26 Å². The Morgan fingerprint density at radius 3 is 2.93 bits per heavy atom. The molecule has 3 heterocycles. The van der Waals surface area contributed by atoms with Crippen LogP contribution in [0.2, 0.25) is 0 Å². The maximum Gasteiger partial charge on any atom is 0.153 e. The molecule has 0 spiro atoms. The number of hydrogen-bond donors (Lipinski definition) is 2. The van der Waals surface area contributed by atoms with Crippen LogP contribution in [-0.4, -0.2) is 36.3 Å². The van der Waals surface area contributed by atoms with Gasteiger partial charge in [-0.3, -0.25) is 9.36 Å². The van der Waals surface area contributed by atoms with Crippen molar-refractivity contribution in [3.63, 3.8) is 0 Å². The minimum atomic E-state index is -0.532. The van der Waals surface area contributed by atoms with Crippen molar-refractivity contribution in [1.82, 2.24) is 24.5 Å². The maximum atomic E-state index is 14.4. The summed E-state index contributed by atoms with van der Waals surface area (Å²) >= 11 is 0. The van der Waals surface area contributed by atoms with Crippen LogP contribution in [-0.2, 0) is 13.1 Å². The molecule has 0 radical (unpaired) electrons. The molecule has 28 heavy (non-hydrogen) atoms. The maximum absolute atomic E-state index is 14.4. The first-order valence-corrected chi connectivity index (χ1v) is 8.58. The molecular weight excluding hydrogens is 361 g/mol. The highest BCUT2D eigenvalue weighted by Gasteiger charge is 2.11. The molecule has 2 N–H and O–H groups in total. The molecule has 8 nitrogen and oxygen atoms in total. The molecule has 0 aliphatic carbocycles. The first-order valence-electron chi connectivity index (χ1n) is 8.58. The van der Waals surface area contributed by atoms with Crippen LogP contribution in [0.1, 0.15) is 11.1 Å². The van der Waals surface area contributed by atoms with Gasteiger partial charge in [0, 0.05) is 35.5 Å².